The van der Waals surface area contributed by atoms with Gasteiger partial charge in [-0.3, -0.25) is 4.79 Å². The maximum atomic E-state index is 11.8. The Morgan fingerprint density at radius 3 is 2.81 bits per heavy atom. The Labute approximate surface area is 96.6 Å². The summed E-state index contributed by atoms with van der Waals surface area (Å²) in [4.78, 5) is 14.8. The fourth-order valence-electron chi connectivity index (χ4n) is 1.68. The van der Waals surface area contributed by atoms with Gasteiger partial charge >= 0.3 is 0 Å². The van der Waals surface area contributed by atoms with Crippen molar-refractivity contribution in [3.05, 3.63) is 24.0 Å². The summed E-state index contributed by atoms with van der Waals surface area (Å²) in [7, 11) is 0. The molecule has 1 atom stereocenters. The maximum Gasteiger partial charge on any atom is 0.224 e. The van der Waals surface area contributed by atoms with Gasteiger partial charge in [-0.05, 0) is 24.0 Å². The minimum Gasteiger partial charge on any atom is -0.367 e. The molecule has 4 N–H and O–H groups in total. The van der Waals surface area contributed by atoms with Gasteiger partial charge in [-0.15, -0.1) is 0 Å². The first-order valence-corrected chi connectivity index (χ1v) is 5.73. The molecular formula is C12H21N3O. The van der Waals surface area contributed by atoms with Gasteiger partial charge in [0.25, 0.3) is 0 Å². The van der Waals surface area contributed by atoms with Crippen molar-refractivity contribution in [1.82, 2.24) is 10.3 Å². The highest BCUT2D eigenvalue weighted by molar-refractivity contribution is 5.78. The number of H-pyrrole nitrogens is 1. The summed E-state index contributed by atoms with van der Waals surface area (Å²) in [5.74, 6) is 0.475. The van der Waals surface area contributed by atoms with E-state index in [4.69, 9.17) is 5.73 Å². The fourth-order valence-corrected chi connectivity index (χ4v) is 1.68. The zero-order valence-electron chi connectivity index (χ0n) is 9.99. The van der Waals surface area contributed by atoms with E-state index in [1.807, 2.05) is 18.5 Å². The Hall–Kier alpha value is -1.29. The van der Waals surface area contributed by atoms with Crippen LogP contribution in [0.2, 0.25) is 0 Å². The Kier molecular flexibility index (Phi) is 5.05. The smallest absolute Gasteiger partial charge is 0.224 e. The van der Waals surface area contributed by atoms with E-state index in [1.54, 1.807) is 0 Å². The van der Waals surface area contributed by atoms with E-state index >= 15 is 0 Å². The number of nitrogens with one attached hydrogen (secondary N) is 2. The molecule has 1 unspecified atom stereocenters. The van der Waals surface area contributed by atoms with Crippen molar-refractivity contribution >= 4 is 5.91 Å². The van der Waals surface area contributed by atoms with E-state index in [2.05, 4.69) is 24.1 Å². The average molecular weight is 223 g/mol. The van der Waals surface area contributed by atoms with Crippen LogP contribution < -0.4 is 11.1 Å². The van der Waals surface area contributed by atoms with Crippen LogP contribution in [0.15, 0.2) is 18.5 Å². The lowest BCUT2D eigenvalue weighted by molar-refractivity contribution is -0.125. The van der Waals surface area contributed by atoms with Crippen molar-refractivity contribution in [2.45, 2.75) is 26.8 Å². The van der Waals surface area contributed by atoms with Crippen LogP contribution in [0.4, 0.5) is 0 Å². The Bertz CT molecular complexity index is 306. The number of hydrogen-bond donors (Lipinski definition) is 3. The van der Waals surface area contributed by atoms with Crippen molar-refractivity contribution in [3.8, 4) is 0 Å². The molecule has 90 valence electrons. The van der Waals surface area contributed by atoms with Crippen LogP contribution >= 0.6 is 0 Å². The van der Waals surface area contributed by atoms with E-state index in [9.17, 15) is 4.79 Å². The number of aromatic nitrogens is 1. The molecule has 0 fully saturated rings. The van der Waals surface area contributed by atoms with Crippen LogP contribution in [0, 0.1) is 11.8 Å². The van der Waals surface area contributed by atoms with Gasteiger partial charge < -0.3 is 16.0 Å². The lowest BCUT2D eigenvalue weighted by Crippen LogP contribution is -2.35. The van der Waals surface area contributed by atoms with Crippen LogP contribution in [0.25, 0.3) is 0 Å². The van der Waals surface area contributed by atoms with Crippen LogP contribution in [0.5, 0.6) is 0 Å². The number of carbonyl (C=O) groups excluding carboxylic acids is 1. The third-order valence-electron chi connectivity index (χ3n) is 2.54. The van der Waals surface area contributed by atoms with Crippen LogP contribution in [0.1, 0.15) is 25.8 Å². The standard InChI is InChI=1S/C12H21N3O/c1-9(2)5-11(6-13)12(16)15-8-10-3-4-14-7-10/h3-4,7,9,11,14H,5-6,8,13H2,1-2H3,(H,15,16). The summed E-state index contributed by atoms with van der Waals surface area (Å²) in [6, 6.07) is 1.94. The predicted molar refractivity (Wildman–Crippen MR) is 64.6 cm³/mol. The highest BCUT2D eigenvalue weighted by Gasteiger charge is 2.17. The van der Waals surface area contributed by atoms with Gasteiger partial charge in [-0.25, -0.2) is 0 Å². The molecule has 0 saturated heterocycles. The van der Waals surface area contributed by atoms with E-state index in [1.165, 1.54) is 0 Å². The van der Waals surface area contributed by atoms with Crippen molar-refractivity contribution in [3.63, 3.8) is 0 Å². The molecule has 0 saturated carbocycles. The molecule has 0 spiro atoms. The van der Waals surface area contributed by atoms with Crippen LogP contribution in [0.3, 0.4) is 0 Å². The molecule has 0 aliphatic carbocycles. The number of nitrogens with two attached hydrogens (primary N) is 1. The molecule has 1 heterocycles. The highest BCUT2D eigenvalue weighted by atomic mass is 16.1. The van der Waals surface area contributed by atoms with Crippen molar-refractivity contribution in [2.24, 2.45) is 17.6 Å². The van der Waals surface area contributed by atoms with Gasteiger partial charge in [0, 0.05) is 25.5 Å². The second-order valence-electron chi connectivity index (χ2n) is 4.50. The van der Waals surface area contributed by atoms with E-state index in [-0.39, 0.29) is 11.8 Å². The normalized spacial score (nSPS) is 12.8. The molecule has 0 aliphatic rings. The number of hydrogen-bond acceptors (Lipinski definition) is 2. The largest absolute Gasteiger partial charge is 0.367 e. The summed E-state index contributed by atoms with van der Waals surface area (Å²) in [6.07, 6.45) is 4.56. The third kappa shape index (κ3) is 4.06. The third-order valence-corrected chi connectivity index (χ3v) is 2.54. The number of amides is 1. The minimum atomic E-state index is -0.0704. The zero-order valence-corrected chi connectivity index (χ0v) is 9.99. The molecule has 16 heavy (non-hydrogen) atoms. The van der Waals surface area contributed by atoms with Crippen molar-refractivity contribution in [1.29, 1.82) is 0 Å². The maximum absolute atomic E-state index is 11.8. The zero-order chi connectivity index (χ0) is 12.0. The van der Waals surface area contributed by atoms with Gasteiger partial charge in [-0.1, -0.05) is 13.8 Å². The first kappa shape index (κ1) is 12.8. The summed E-state index contributed by atoms with van der Waals surface area (Å²) >= 11 is 0. The Morgan fingerprint density at radius 2 is 2.31 bits per heavy atom. The SMILES string of the molecule is CC(C)CC(CN)C(=O)NCc1cc[nH]c1. The number of carbonyl (C=O) groups is 1. The molecule has 1 aromatic rings. The monoisotopic (exact) mass is 223 g/mol. The second kappa shape index (κ2) is 6.33. The van der Waals surface area contributed by atoms with Gasteiger partial charge in [0.2, 0.25) is 5.91 Å². The van der Waals surface area contributed by atoms with Gasteiger partial charge in [0.1, 0.15) is 0 Å². The molecule has 1 amide bonds. The predicted octanol–water partition coefficient (Wildman–Crippen LogP) is 1.25. The molecule has 1 aromatic heterocycles. The van der Waals surface area contributed by atoms with Gasteiger partial charge in [0.05, 0.1) is 5.92 Å². The second-order valence-corrected chi connectivity index (χ2v) is 4.50. The van der Waals surface area contributed by atoms with Crippen LogP contribution in [-0.4, -0.2) is 17.4 Å². The summed E-state index contributed by atoms with van der Waals surface area (Å²) in [5, 5.41) is 2.90. The minimum absolute atomic E-state index is 0.0531. The molecule has 4 heteroatoms. The molecule has 4 nitrogen and oxygen atoms in total. The molecule has 0 aliphatic heterocycles. The Balaban J connectivity index is 2.37. The lowest BCUT2D eigenvalue weighted by atomic mass is 9.96. The van der Waals surface area contributed by atoms with Crippen molar-refractivity contribution < 1.29 is 4.79 Å². The van der Waals surface area contributed by atoms with E-state index < -0.39 is 0 Å². The lowest BCUT2D eigenvalue weighted by Gasteiger charge is -2.16. The van der Waals surface area contributed by atoms with E-state index in [0.29, 0.717) is 19.0 Å². The highest BCUT2D eigenvalue weighted by Crippen LogP contribution is 2.10. The molecule has 1 rings (SSSR count). The van der Waals surface area contributed by atoms with Crippen molar-refractivity contribution in [2.75, 3.05) is 6.54 Å². The van der Waals surface area contributed by atoms with E-state index in [0.717, 1.165) is 12.0 Å². The molecule has 0 bridgehead atoms. The molecule has 0 radical (unpaired) electrons. The summed E-state index contributed by atoms with van der Waals surface area (Å²) in [5.41, 5.74) is 6.68. The topological polar surface area (TPSA) is 70.9 Å². The first-order valence-electron chi connectivity index (χ1n) is 5.73. The van der Waals surface area contributed by atoms with Gasteiger partial charge in [-0.2, -0.15) is 0 Å². The fraction of sp³-hybridized carbons (Fsp3) is 0.583. The number of rotatable bonds is 6. The summed E-state index contributed by atoms with van der Waals surface area (Å²) < 4.78 is 0. The molecule has 0 aromatic carbocycles. The first-order chi connectivity index (χ1) is 7.63. The number of aromatic amines is 1. The summed E-state index contributed by atoms with van der Waals surface area (Å²) in [6.45, 7) is 5.18. The molecular weight excluding hydrogens is 202 g/mol. The van der Waals surface area contributed by atoms with Crippen LogP contribution in [-0.2, 0) is 11.3 Å². The quantitative estimate of drug-likeness (QED) is 0.679. The van der Waals surface area contributed by atoms with Gasteiger partial charge in [0.15, 0.2) is 0 Å². The Morgan fingerprint density at radius 1 is 1.56 bits per heavy atom. The average Bonchev–Trinajstić information content (AvgIpc) is 2.75.